The third-order valence-electron chi connectivity index (χ3n) is 3.47. The molecule has 0 saturated carbocycles. The number of nitrogens with one attached hydrogen (secondary N) is 1. The number of nitrogens with zero attached hydrogens (tertiary/aromatic N) is 2. The number of hydrogen-bond acceptors (Lipinski definition) is 4. The van der Waals surface area contributed by atoms with Crippen molar-refractivity contribution < 1.29 is 23.9 Å². The fraction of sp³-hybridized carbons (Fsp3) is 0.211. The fourth-order valence-corrected chi connectivity index (χ4v) is 2.26. The maximum Gasteiger partial charge on any atom is 0.419 e. The van der Waals surface area contributed by atoms with Crippen molar-refractivity contribution in [2.24, 2.45) is 0 Å². The van der Waals surface area contributed by atoms with Gasteiger partial charge in [-0.2, -0.15) is 4.79 Å². The Kier molecular flexibility index (Phi) is 7.09. The minimum absolute atomic E-state index is 0.0686. The molecule has 1 unspecified atom stereocenters. The molecule has 1 atom stereocenters. The van der Waals surface area contributed by atoms with Crippen molar-refractivity contribution in [3.8, 4) is 0 Å². The summed E-state index contributed by atoms with van der Waals surface area (Å²) in [7, 11) is 0. The van der Waals surface area contributed by atoms with Crippen molar-refractivity contribution in [2.45, 2.75) is 19.6 Å². The summed E-state index contributed by atoms with van der Waals surface area (Å²) >= 11 is 0. The van der Waals surface area contributed by atoms with Gasteiger partial charge in [0.25, 0.3) is 0 Å². The molecule has 1 N–H and O–H groups in total. The molecule has 2 aromatic rings. The third-order valence-corrected chi connectivity index (χ3v) is 3.47. The molecule has 1 amide bonds. The largest absolute Gasteiger partial charge is 0.457 e. The van der Waals surface area contributed by atoms with Gasteiger partial charge in [-0.3, -0.25) is 0 Å². The lowest BCUT2D eigenvalue weighted by Crippen LogP contribution is -2.38. The summed E-state index contributed by atoms with van der Waals surface area (Å²) in [6, 6.07) is 16.8. The molecule has 0 aliphatic heterocycles. The van der Waals surface area contributed by atoms with E-state index in [4.69, 9.17) is 9.47 Å². The normalized spacial score (nSPS) is 11.0. The van der Waals surface area contributed by atoms with Crippen LogP contribution in [0.3, 0.4) is 0 Å². The molecule has 26 heavy (non-hydrogen) atoms. The summed E-state index contributed by atoms with van der Waals surface area (Å²) < 4.78 is 10.1. The number of hydrogen-bond donors (Lipinski definition) is 1. The lowest BCUT2D eigenvalue weighted by Gasteiger charge is -2.15. The maximum absolute atomic E-state index is 12.2. The number of rotatable bonds is 7. The lowest BCUT2D eigenvalue weighted by molar-refractivity contribution is -0.140. The van der Waals surface area contributed by atoms with Crippen LogP contribution < -0.4 is 5.32 Å². The van der Waals surface area contributed by atoms with Gasteiger partial charge >= 0.3 is 17.8 Å². The van der Waals surface area contributed by atoms with E-state index < -0.39 is 18.1 Å². The van der Waals surface area contributed by atoms with Crippen LogP contribution in [0.5, 0.6) is 0 Å². The van der Waals surface area contributed by atoms with Crippen LogP contribution >= 0.6 is 0 Å². The Morgan fingerprint density at radius 3 is 2.23 bits per heavy atom. The Morgan fingerprint density at radius 1 is 1.04 bits per heavy atom. The topological polar surface area (TPSA) is 101 Å². The van der Waals surface area contributed by atoms with Gasteiger partial charge in [-0.05, 0) is 18.1 Å². The minimum atomic E-state index is -1.01. The van der Waals surface area contributed by atoms with E-state index in [1.165, 1.54) is 0 Å². The van der Waals surface area contributed by atoms with E-state index in [0.717, 1.165) is 5.56 Å². The van der Waals surface area contributed by atoms with Gasteiger partial charge in [-0.15, -0.1) is 0 Å². The molecule has 0 aliphatic rings. The Balaban J connectivity index is 2.15. The van der Waals surface area contributed by atoms with Gasteiger partial charge in [0.15, 0.2) is 6.04 Å². The molecule has 0 bridgehead atoms. The van der Waals surface area contributed by atoms with Gasteiger partial charge in [0.1, 0.15) is 6.61 Å². The monoisotopic (exact) mass is 353 g/mol. The highest BCUT2D eigenvalue weighted by molar-refractivity contribution is 6.36. The van der Waals surface area contributed by atoms with Crippen LogP contribution in [-0.4, -0.2) is 29.2 Å². The van der Waals surface area contributed by atoms with Gasteiger partial charge in [0, 0.05) is 0 Å². The van der Waals surface area contributed by atoms with E-state index >= 15 is 0 Å². The van der Waals surface area contributed by atoms with Crippen molar-refractivity contribution in [3.05, 3.63) is 77.3 Å². The van der Waals surface area contributed by atoms with Crippen molar-refractivity contribution in [1.29, 1.82) is 0 Å². The minimum Gasteiger partial charge on any atom is -0.457 e. The van der Waals surface area contributed by atoms with Crippen LogP contribution in [0.15, 0.2) is 60.7 Å². The average Bonchev–Trinajstić information content (AvgIpc) is 2.68. The molecule has 0 saturated heterocycles. The summed E-state index contributed by atoms with van der Waals surface area (Å²) in [5.74, 6) is -0.827. The third kappa shape index (κ3) is 5.29. The predicted octanol–water partition coefficient (Wildman–Crippen LogP) is 2.89. The fourth-order valence-electron chi connectivity index (χ4n) is 2.26. The summed E-state index contributed by atoms with van der Waals surface area (Å²) in [4.78, 5) is 27.3. The quantitative estimate of drug-likeness (QED) is 0.358. The number of benzene rings is 2. The Morgan fingerprint density at radius 2 is 1.65 bits per heavy atom. The Bertz CT molecular complexity index is 787. The highest BCUT2D eigenvalue weighted by atomic mass is 16.5. The van der Waals surface area contributed by atoms with Crippen LogP contribution in [0.4, 0.5) is 4.79 Å². The van der Waals surface area contributed by atoms with E-state index in [2.05, 4.69) is 10.1 Å². The second-order valence-electron chi connectivity index (χ2n) is 5.26. The average molecular weight is 353 g/mol. The number of amides is 1. The van der Waals surface area contributed by atoms with Crippen LogP contribution in [0.25, 0.3) is 5.53 Å². The van der Waals surface area contributed by atoms with Gasteiger partial charge in [0.05, 0.1) is 6.61 Å². The molecular formula is C19H19N3O4. The molecule has 2 aromatic carbocycles. The number of alkyl carbamates (subject to hydrolysis) is 1. The van der Waals surface area contributed by atoms with E-state index in [1.54, 1.807) is 37.3 Å². The Hall–Kier alpha value is -3.44. The number of ether oxygens (including phenoxy) is 2. The first-order chi connectivity index (χ1) is 12.7. The second kappa shape index (κ2) is 9.76. The summed E-state index contributed by atoms with van der Waals surface area (Å²) in [6.45, 7) is 1.81. The molecule has 0 aliphatic carbocycles. The van der Waals surface area contributed by atoms with Gasteiger partial charge in [-0.1, -0.05) is 60.7 Å². The van der Waals surface area contributed by atoms with Crippen molar-refractivity contribution in [1.82, 2.24) is 5.32 Å². The first-order valence-corrected chi connectivity index (χ1v) is 8.07. The van der Waals surface area contributed by atoms with Crippen LogP contribution in [0.1, 0.15) is 24.1 Å². The first-order valence-electron chi connectivity index (χ1n) is 8.07. The molecule has 0 fully saturated rings. The van der Waals surface area contributed by atoms with Crippen molar-refractivity contribution in [3.63, 3.8) is 0 Å². The number of esters is 1. The number of carbonyl (C=O) groups is 2. The van der Waals surface area contributed by atoms with Crippen molar-refractivity contribution >= 4 is 17.8 Å². The lowest BCUT2D eigenvalue weighted by atomic mass is 10.0. The first kappa shape index (κ1) is 18.9. The van der Waals surface area contributed by atoms with Crippen molar-refractivity contribution in [2.75, 3.05) is 6.61 Å². The SMILES string of the molecule is CCOC(=O)C(=[N+]=[N-])C(NC(=O)OCc1ccccc1)c1ccccc1. The zero-order valence-corrected chi connectivity index (χ0v) is 14.3. The van der Waals surface area contributed by atoms with Crippen LogP contribution in [0.2, 0.25) is 0 Å². The molecule has 0 radical (unpaired) electrons. The summed E-state index contributed by atoms with van der Waals surface area (Å²) in [6.07, 6.45) is -0.756. The maximum atomic E-state index is 12.2. The highest BCUT2D eigenvalue weighted by Gasteiger charge is 2.35. The van der Waals surface area contributed by atoms with Crippen LogP contribution in [0, 0.1) is 0 Å². The smallest absolute Gasteiger partial charge is 0.419 e. The molecule has 7 nitrogen and oxygen atoms in total. The standard InChI is InChI=1S/C19H19N3O4/c1-2-25-18(23)17(22-20)16(15-11-7-4-8-12-15)21-19(24)26-13-14-9-5-3-6-10-14/h3-12,16H,2,13H2,1H3,(H,21,24). The van der Waals surface area contributed by atoms with Gasteiger partial charge in [0.2, 0.25) is 0 Å². The molecule has 0 aromatic heterocycles. The molecule has 2 rings (SSSR count). The Labute approximate surface area is 151 Å². The molecular weight excluding hydrogens is 334 g/mol. The van der Waals surface area contributed by atoms with E-state index in [-0.39, 0.29) is 18.9 Å². The summed E-state index contributed by atoms with van der Waals surface area (Å²) in [5, 5.41) is 2.54. The van der Waals surface area contributed by atoms with Gasteiger partial charge in [-0.25, -0.2) is 9.59 Å². The molecule has 0 spiro atoms. The second-order valence-corrected chi connectivity index (χ2v) is 5.26. The summed E-state index contributed by atoms with van der Waals surface area (Å²) in [5.41, 5.74) is 10.3. The molecule has 7 heteroatoms. The van der Waals surface area contributed by atoms with E-state index in [1.807, 2.05) is 30.3 Å². The zero-order chi connectivity index (χ0) is 18.8. The molecule has 0 heterocycles. The zero-order valence-electron chi connectivity index (χ0n) is 14.3. The molecule has 134 valence electrons. The predicted molar refractivity (Wildman–Crippen MR) is 94.2 cm³/mol. The van der Waals surface area contributed by atoms with E-state index in [0.29, 0.717) is 5.56 Å². The number of carbonyl (C=O) groups excluding carboxylic acids is 2. The highest BCUT2D eigenvalue weighted by Crippen LogP contribution is 2.15. The van der Waals surface area contributed by atoms with Crippen LogP contribution in [-0.2, 0) is 20.9 Å². The van der Waals surface area contributed by atoms with E-state index in [9.17, 15) is 15.1 Å². The van der Waals surface area contributed by atoms with Gasteiger partial charge < -0.3 is 20.3 Å².